The summed E-state index contributed by atoms with van der Waals surface area (Å²) in [6.45, 7) is 5.70. The van der Waals surface area contributed by atoms with Crippen molar-refractivity contribution in [3.8, 4) is 5.75 Å². The molecule has 0 bridgehead atoms. The number of alkyl halides is 3. The molecule has 1 aromatic heterocycles. The van der Waals surface area contributed by atoms with E-state index < -0.39 is 28.4 Å². The summed E-state index contributed by atoms with van der Waals surface area (Å²) in [7, 11) is 1.57. The van der Waals surface area contributed by atoms with E-state index in [1.807, 2.05) is 32.9 Å². The van der Waals surface area contributed by atoms with Crippen LogP contribution in [0.5, 0.6) is 5.75 Å². The number of halogens is 3. The molecule has 2 N–H and O–H groups in total. The van der Waals surface area contributed by atoms with Gasteiger partial charge in [0.25, 0.3) is 11.5 Å². The van der Waals surface area contributed by atoms with Crippen LogP contribution in [0, 0.1) is 5.41 Å². The van der Waals surface area contributed by atoms with Crippen LogP contribution in [0.4, 0.5) is 13.2 Å². The van der Waals surface area contributed by atoms with Gasteiger partial charge in [0.1, 0.15) is 17.3 Å². The first-order valence-corrected chi connectivity index (χ1v) is 11.6. The Labute approximate surface area is 205 Å². The van der Waals surface area contributed by atoms with Crippen LogP contribution in [0.2, 0.25) is 0 Å². The number of rotatable bonds is 7. The number of methoxy groups -OCH3 is 1. The topological polar surface area (TPSA) is 84.1 Å². The molecule has 0 saturated carbocycles. The number of nitrogens with zero attached hydrogens (tertiary/aromatic N) is 1. The Balaban J connectivity index is 1.81. The monoisotopic (exact) mass is 505 g/mol. The summed E-state index contributed by atoms with van der Waals surface area (Å²) in [4.78, 5) is 32.3. The molecule has 10 heteroatoms. The highest BCUT2D eigenvalue weighted by Gasteiger charge is 2.31. The smallest absolute Gasteiger partial charge is 0.446 e. The van der Waals surface area contributed by atoms with E-state index in [1.165, 1.54) is 12.1 Å². The zero-order valence-electron chi connectivity index (χ0n) is 19.7. The van der Waals surface area contributed by atoms with Gasteiger partial charge in [-0.1, -0.05) is 45.0 Å². The minimum atomic E-state index is -4.38. The van der Waals surface area contributed by atoms with Crippen LogP contribution in [0.25, 0.3) is 0 Å². The van der Waals surface area contributed by atoms with Gasteiger partial charge < -0.3 is 15.0 Å². The number of carbonyl (C=O) groups is 1. The molecule has 1 unspecified atom stereocenters. The molecule has 0 aliphatic carbocycles. The van der Waals surface area contributed by atoms with Gasteiger partial charge in [0.2, 0.25) is 0 Å². The van der Waals surface area contributed by atoms with Crippen LogP contribution in [-0.2, 0) is 6.42 Å². The summed E-state index contributed by atoms with van der Waals surface area (Å²) in [6.07, 6.45) is 0.307. The highest BCUT2D eigenvalue weighted by Crippen LogP contribution is 2.38. The van der Waals surface area contributed by atoms with E-state index >= 15 is 0 Å². The first-order valence-electron chi connectivity index (χ1n) is 10.7. The zero-order valence-corrected chi connectivity index (χ0v) is 20.5. The lowest BCUT2D eigenvalue weighted by Gasteiger charge is -2.32. The van der Waals surface area contributed by atoms with Crippen molar-refractivity contribution in [1.82, 2.24) is 15.3 Å². The summed E-state index contributed by atoms with van der Waals surface area (Å²) < 4.78 is 43.1. The zero-order chi connectivity index (χ0) is 25.8. The van der Waals surface area contributed by atoms with Crippen LogP contribution in [-0.4, -0.2) is 28.5 Å². The van der Waals surface area contributed by atoms with E-state index in [4.69, 9.17) is 4.74 Å². The second-order valence-electron chi connectivity index (χ2n) is 8.99. The molecule has 0 fully saturated rings. The lowest BCUT2D eigenvalue weighted by molar-refractivity contribution is -0.0328. The second kappa shape index (κ2) is 10.6. The molecule has 6 nitrogen and oxygen atoms in total. The van der Waals surface area contributed by atoms with E-state index in [2.05, 4.69) is 15.3 Å². The fourth-order valence-corrected chi connectivity index (χ4v) is 4.05. The Morgan fingerprint density at radius 2 is 1.71 bits per heavy atom. The number of thioether (sulfide) groups is 1. The van der Waals surface area contributed by atoms with E-state index in [0.29, 0.717) is 23.6 Å². The largest absolute Gasteiger partial charge is 0.497 e. The third-order valence-corrected chi connectivity index (χ3v) is 5.88. The minimum Gasteiger partial charge on any atom is -0.497 e. The molecule has 3 aromatic rings. The van der Waals surface area contributed by atoms with Gasteiger partial charge in [-0.15, -0.1) is 0 Å². The molecule has 0 aliphatic heterocycles. The lowest BCUT2D eigenvalue weighted by Crippen LogP contribution is -2.37. The molecule has 2 aromatic carbocycles. The molecule has 0 spiro atoms. The third kappa shape index (κ3) is 7.61. The van der Waals surface area contributed by atoms with Gasteiger partial charge in [-0.05, 0) is 52.6 Å². The van der Waals surface area contributed by atoms with Crippen molar-refractivity contribution in [2.75, 3.05) is 7.11 Å². The first-order chi connectivity index (χ1) is 16.3. The third-order valence-electron chi connectivity index (χ3n) is 5.14. The van der Waals surface area contributed by atoms with Crippen LogP contribution < -0.4 is 15.6 Å². The number of aromatic amines is 1. The van der Waals surface area contributed by atoms with E-state index in [9.17, 15) is 22.8 Å². The van der Waals surface area contributed by atoms with Crippen molar-refractivity contribution < 1.29 is 22.7 Å². The maximum absolute atomic E-state index is 13.1. The van der Waals surface area contributed by atoms with Crippen molar-refractivity contribution in [3.05, 3.63) is 87.6 Å². The Morgan fingerprint density at radius 3 is 2.26 bits per heavy atom. The van der Waals surface area contributed by atoms with Crippen molar-refractivity contribution in [3.63, 3.8) is 0 Å². The first kappa shape index (κ1) is 26.3. The number of hydrogen-bond acceptors (Lipinski definition) is 5. The Kier molecular flexibility index (Phi) is 7.94. The maximum Gasteiger partial charge on any atom is 0.446 e. The van der Waals surface area contributed by atoms with Crippen molar-refractivity contribution >= 4 is 17.7 Å². The van der Waals surface area contributed by atoms with Gasteiger partial charge in [0, 0.05) is 17.4 Å². The number of hydrogen-bond donors (Lipinski definition) is 2. The molecule has 0 saturated heterocycles. The van der Waals surface area contributed by atoms with Crippen LogP contribution in [0.3, 0.4) is 0 Å². The molecule has 0 radical (unpaired) electrons. The normalized spacial score (nSPS) is 12.8. The number of H-pyrrole nitrogens is 1. The number of nitrogens with one attached hydrogen (secondary N) is 2. The number of amides is 1. The fraction of sp³-hybridized carbons (Fsp3) is 0.320. The molecule has 0 aliphatic rings. The highest BCUT2D eigenvalue weighted by atomic mass is 32.2. The van der Waals surface area contributed by atoms with Crippen molar-refractivity contribution in [2.24, 2.45) is 5.41 Å². The minimum absolute atomic E-state index is 0.0456. The Hall–Kier alpha value is -3.27. The highest BCUT2D eigenvalue weighted by molar-refractivity contribution is 8.00. The summed E-state index contributed by atoms with van der Waals surface area (Å²) in [5.74, 6) is 0.469. The predicted octanol–water partition coefficient (Wildman–Crippen LogP) is 5.50. The predicted molar refractivity (Wildman–Crippen MR) is 129 cm³/mol. The molecular weight excluding hydrogens is 479 g/mol. The molecule has 1 atom stereocenters. The molecule has 1 heterocycles. The summed E-state index contributed by atoms with van der Waals surface area (Å²) in [5.41, 5.74) is -3.85. The number of aromatic nitrogens is 2. The van der Waals surface area contributed by atoms with Gasteiger partial charge in [0.15, 0.2) is 0 Å². The quantitative estimate of drug-likeness (QED) is 0.415. The van der Waals surface area contributed by atoms with Crippen LogP contribution in [0.15, 0.2) is 64.3 Å². The van der Waals surface area contributed by atoms with Gasteiger partial charge >= 0.3 is 5.51 Å². The number of ether oxygens (including phenoxy) is 1. The van der Waals surface area contributed by atoms with Gasteiger partial charge in [-0.25, -0.2) is 4.98 Å². The average molecular weight is 506 g/mol. The van der Waals surface area contributed by atoms with Crippen LogP contribution >= 0.6 is 11.8 Å². The average Bonchev–Trinajstić information content (AvgIpc) is 2.76. The molecule has 3 rings (SSSR count). The van der Waals surface area contributed by atoms with Crippen molar-refractivity contribution in [1.29, 1.82) is 0 Å². The van der Waals surface area contributed by atoms with E-state index in [-0.39, 0.29) is 22.4 Å². The summed E-state index contributed by atoms with van der Waals surface area (Å²) in [6, 6.07) is 13.7. The molecule has 186 valence electrons. The summed E-state index contributed by atoms with van der Waals surface area (Å²) in [5, 5.41) is 2.89. The van der Waals surface area contributed by atoms with Gasteiger partial charge in [0.05, 0.1) is 13.2 Å². The van der Waals surface area contributed by atoms with E-state index in [0.717, 1.165) is 11.6 Å². The maximum atomic E-state index is 13.1. The van der Waals surface area contributed by atoms with E-state index in [1.54, 1.807) is 31.4 Å². The standard InChI is InChI=1S/C25H26F3N3O3S/c1-24(2,3)22(16-7-11-18(12-8-16)35-25(26,27)28)31-23(33)19-14-21(32)30-20(29-19)13-15-5-9-17(34-4)10-6-15/h5-12,14,22H,13H2,1-4H3,(H,31,33)(H,29,30,32). The Bertz CT molecular complexity index is 1220. The lowest BCUT2D eigenvalue weighted by atomic mass is 9.82. The van der Waals surface area contributed by atoms with Crippen molar-refractivity contribution in [2.45, 2.75) is 43.6 Å². The second-order valence-corrected chi connectivity index (χ2v) is 10.1. The molecule has 35 heavy (non-hydrogen) atoms. The molecule has 1 amide bonds. The summed E-state index contributed by atoms with van der Waals surface area (Å²) >= 11 is -0.197. The fourth-order valence-electron chi connectivity index (χ4n) is 3.51. The van der Waals surface area contributed by atoms with Crippen LogP contribution in [0.1, 0.15) is 54.3 Å². The van der Waals surface area contributed by atoms with Gasteiger partial charge in [-0.2, -0.15) is 13.2 Å². The number of carbonyl (C=O) groups excluding carboxylic acids is 1. The molecular formula is C25H26F3N3O3S. The number of benzene rings is 2. The van der Waals surface area contributed by atoms with Gasteiger partial charge in [-0.3, -0.25) is 9.59 Å². The Morgan fingerprint density at radius 1 is 1.09 bits per heavy atom. The SMILES string of the molecule is COc1ccc(Cc2nc(C(=O)NC(c3ccc(SC(F)(F)F)cc3)C(C)(C)C)cc(=O)[nH]2)cc1.